The second kappa shape index (κ2) is 14.6. The summed E-state index contributed by atoms with van der Waals surface area (Å²) < 4.78 is 7.28. The summed E-state index contributed by atoms with van der Waals surface area (Å²) in [5, 5.41) is 16.2. The van der Waals surface area contributed by atoms with Gasteiger partial charge in [0.1, 0.15) is 5.82 Å². The summed E-state index contributed by atoms with van der Waals surface area (Å²) >= 11 is 1.65. The number of ether oxygens (including phenoxy) is 1. The zero-order valence-electron chi connectivity index (χ0n) is 16.0. The second-order valence-corrected chi connectivity index (χ2v) is 6.76. The van der Waals surface area contributed by atoms with E-state index in [1.165, 1.54) is 0 Å². The number of rotatable bonds is 11. The van der Waals surface area contributed by atoms with E-state index in [1.807, 2.05) is 6.26 Å². The van der Waals surface area contributed by atoms with Gasteiger partial charge in [-0.25, -0.2) is 0 Å². The molecule has 1 heterocycles. The number of aromatic nitrogens is 3. The highest BCUT2D eigenvalue weighted by atomic mass is 127. The van der Waals surface area contributed by atoms with Gasteiger partial charge in [-0.1, -0.05) is 25.6 Å². The van der Waals surface area contributed by atoms with Gasteiger partial charge >= 0.3 is 0 Å². The van der Waals surface area contributed by atoms with Crippen LogP contribution in [0.3, 0.4) is 0 Å². The molecule has 9 heteroatoms. The Hall–Kier alpha value is -0.550. The first-order valence-corrected chi connectivity index (χ1v) is 9.74. The molecule has 0 aromatic carbocycles. The van der Waals surface area contributed by atoms with Crippen LogP contribution in [0.5, 0.6) is 0 Å². The lowest BCUT2D eigenvalue weighted by Crippen LogP contribution is -2.38. The van der Waals surface area contributed by atoms with Crippen LogP contribution in [0.25, 0.3) is 0 Å². The predicted octanol–water partition coefficient (Wildman–Crippen LogP) is 2.41. The zero-order valence-corrected chi connectivity index (χ0v) is 19.2. The molecule has 0 bridgehead atoms. The van der Waals surface area contributed by atoms with E-state index in [0.717, 1.165) is 62.4 Å². The van der Waals surface area contributed by atoms with Crippen molar-refractivity contribution in [2.75, 3.05) is 40.1 Å². The Bertz CT molecular complexity index is 495. The summed E-state index contributed by atoms with van der Waals surface area (Å²) in [5.74, 6) is 2.48. The minimum Gasteiger partial charge on any atom is -0.385 e. The monoisotopic (exact) mass is 484 g/mol. The Balaban J connectivity index is 0.00000576. The molecule has 0 amide bonds. The molecule has 1 aromatic heterocycles. The van der Waals surface area contributed by atoms with Crippen LogP contribution in [-0.4, -0.2) is 60.8 Å². The summed E-state index contributed by atoms with van der Waals surface area (Å²) in [6, 6.07) is 0. The van der Waals surface area contributed by atoms with Gasteiger partial charge in [0, 0.05) is 46.8 Å². The molecule has 25 heavy (non-hydrogen) atoms. The van der Waals surface area contributed by atoms with E-state index in [2.05, 4.69) is 44.2 Å². The first-order chi connectivity index (χ1) is 11.6. The quantitative estimate of drug-likeness (QED) is 0.165. The SMILES string of the molecule is CN=C(NCCCOC)NCCCc1nnc(SC)n1CC(C)C.I. The lowest BCUT2D eigenvalue weighted by molar-refractivity contribution is 0.195. The normalized spacial score (nSPS) is 11.5. The van der Waals surface area contributed by atoms with Gasteiger partial charge < -0.3 is 19.9 Å². The molecule has 7 nitrogen and oxygen atoms in total. The third-order valence-electron chi connectivity index (χ3n) is 3.43. The first kappa shape index (κ1) is 24.5. The van der Waals surface area contributed by atoms with E-state index in [-0.39, 0.29) is 24.0 Å². The van der Waals surface area contributed by atoms with Crippen LogP contribution in [0.1, 0.15) is 32.5 Å². The smallest absolute Gasteiger partial charge is 0.190 e. The van der Waals surface area contributed by atoms with Gasteiger partial charge in [0.25, 0.3) is 0 Å². The highest BCUT2D eigenvalue weighted by Crippen LogP contribution is 2.16. The largest absolute Gasteiger partial charge is 0.385 e. The molecule has 0 aliphatic rings. The fraction of sp³-hybridized carbons (Fsp3) is 0.812. The Morgan fingerprint density at radius 1 is 1.24 bits per heavy atom. The molecular weight excluding hydrogens is 451 g/mol. The van der Waals surface area contributed by atoms with E-state index in [1.54, 1.807) is 25.9 Å². The van der Waals surface area contributed by atoms with E-state index in [0.29, 0.717) is 5.92 Å². The van der Waals surface area contributed by atoms with E-state index in [9.17, 15) is 0 Å². The van der Waals surface area contributed by atoms with Gasteiger partial charge in [0.2, 0.25) is 0 Å². The van der Waals surface area contributed by atoms with Crippen molar-refractivity contribution >= 4 is 41.7 Å². The van der Waals surface area contributed by atoms with Crippen molar-refractivity contribution in [3.8, 4) is 0 Å². The van der Waals surface area contributed by atoms with Crippen LogP contribution >= 0.6 is 35.7 Å². The van der Waals surface area contributed by atoms with Crippen molar-refractivity contribution in [1.29, 1.82) is 0 Å². The fourth-order valence-electron chi connectivity index (χ4n) is 2.30. The van der Waals surface area contributed by atoms with Gasteiger partial charge in [-0.05, 0) is 25.0 Å². The molecule has 0 spiro atoms. The standard InChI is InChI=1S/C16H32N6OS.HI/c1-13(2)12-22-14(20-21-16(22)24-5)8-6-9-18-15(17-3)19-10-7-11-23-4;/h13H,6-12H2,1-5H3,(H2,17,18,19);1H. The molecule has 146 valence electrons. The Morgan fingerprint density at radius 2 is 1.92 bits per heavy atom. The van der Waals surface area contributed by atoms with Crippen LogP contribution in [0.4, 0.5) is 0 Å². The number of nitrogens with zero attached hydrogens (tertiary/aromatic N) is 4. The average molecular weight is 484 g/mol. The lowest BCUT2D eigenvalue weighted by atomic mass is 10.2. The summed E-state index contributed by atoms with van der Waals surface area (Å²) in [4.78, 5) is 4.22. The number of aryl methyl sites for hydroxylation is 1. The molecule has 0 radical (unpaired) electrons. The van der Waals surface area contributed by atoms with Gasteiger partial charge in [-0.2, -0.15) is 0 Å². The molecular formula is C16H33IN6OS. The van der Waals surface area contributed by atoms with Gasteiger partial charge in [0.15, 0.2) is 11.1 Å². The molecule has 0 atom stereocenters. The number of guanidine groups is 1. The number of methoxy groups -OCH3 is 1. The highest BCUT2D eigenvalue weighted by Gasteiger charge is 2.12. The Morgan fingerprint density at radius 3 is 2.48 bits per heavy atom. The number of thioether (sulfide) groups is 1. The number of halogens is 1. The zero-order chi connectivity index (χ0) is 17.8. The molecule has 2 N–H and O–H groups in total. The molecule has 0 unspecified atom stereocenters. The van der Waals surface area contributed by atoms with Crippen LogP contribution in [0.2, 0.25) is 0 Å². The summed E-state index contributed by atoms with van der Waals surface area (Å²) in [6.45, 7) is 7.87. The van der Waals surface area contributed by atoms with E-state index >= 15 is 0 Å². The average Bonchev–Trinajstić information content (AvgIpc) is 2.94. The van der Waals surface area contributed by atoms with Crippen molar-refractivity contribution < 1.29 is 4.74 Å². The van der Waals surface area contributed by atoms with Crippen molar-refractivity contribution in [1.82, 2.24) is 25.4 Å². The molecule has 0 fully saturated rings. The van der Waals surface area contributed by atoms with E-state index < -0.39 is 0 Å². The van der Waals surface area contributed by atoms with Crippen LogP contribution in [-0.2, 0) is 17.7 Å². The van der Waals surface area contributed by atoms with E-state index in [4.69, 9.17) is 4.74 Å². The van der Waals surface area contributed by atoms with Crippen molar-refractivity contribution in [2.45, 2.75) is 44.8 Å². The van der Waals surface area contributed by atoms with Crippen molar-refractivity contribution in [2.24, 2.45) is 10.9 Å². The molecule has 0 saturated carbocycles. The number of hydrogen-bond acceptors (Lipinski definition) is 5. The van der Waals surface area contributed by atoms with Gasteiger partial charge in [0.05, 0.1) is 0 Å². The maximum atomic E-state index is 5.04. The molecule has 0 aliphatic heterocycles. The lowest BCUT2D eigenvalue weighted by Gasteiger charge is -2.13. The molecule has 1 rings (SSSR count). The highest BCUT2D eigenvalue weighted by molar-refractivity contribution is 14.0. The number of aliphatic imine (C=N–C) groups is 1. The van der Waals surface area contributed by atoms with Crippen molar-refractivity contribution in [3.05, 3.63) is 5.82 Å². The van der Waals surface area contributed by atoms with Crippen LogP contribution < -0.4 is 10.6 Å². The Kier molecular flexibility index (Phi) is 14.3. The second-order valence-electron chi connectivity index (χ2n) is 5.98. The molecule has 0 saturated heterocycles. The third kappa shape index (κ3) is 9.64. The molecule has 1 aromatic rings. The topological polar surface area (TPSA) is 76.4 Å². The summed E-state index contributed by atoms with van der Waals surface area (Å²) in [5.41, 5.74) is 0. The van der Waals surface area contributed by atoms with Gasteiger partial charge in [-0.3, -0.25) is 4.99 Å². The van der Waals surface area contributed by atoms with Crippen LogP contribution in [0.15, 0.2) is 10.1 Å². The maximum absolute atomic E-state index is 5.04. The summed E-state index contributed by atoms with van der Waals surface area (Å²) in [6.07, 6.45) is 4.91. The maximum Gasteiger partial charge on any atom is 0.190 e. The number of hydrogen-bond donors (Lipinski definition) is 2. The predicted molar refractivity (Wildman–Crippen MR) is 116 cm³/mol. The van der Waals surface area contributed by atoms with Crippen molar-refractivity contribution in [3.63, 3.8) is 0 Å². The van der Waals surface area contributed by atoms with Gasteiger partial charge in [-0.15, -0.1) is 34.2 Å². The summed E-state index contributed by atoms with van der Waals surface area (Å²) in [7, 11) is 3.50. The van der Waals surface area contributed by atoms with Crippen LogP contribution in [0, 0.1) is 5.92 Å². The first-order valence-electron chi connectivity index (χ1n) is 8.51. The number of nitrogens with one attached hydrogen (secondary N) is 2. The fourth-order valence-corrected chi connectivity index (χ4v) is 2.82. The third-order valence-corrected chi connectivity index (χ3v) is 4.10. The Labute approximate surface area is 173 Å². The minimum atomic E-state index is 0. The molecule has 0 aliphatic carbocycles. The minimum absolute atomic E-state index is 0.